The molecule has 0 fully saturated rings. The van der Waals surface area contributed by atoms with E-state index in [1.807, 2.05) is 41.8 Å². The number of thioether (sulfide) groups is 2. The van der Waals surface area contributed by atoms with Crippen LogP contribution in [0.2, 0.25) is 0 Å². The number of aryl methyl sites for hydroxylation is 1. The number of fused-ring (bicyclic) bond motifs is 1. The van der Waals surface area contributed by atoms with Crippen LogP contribution in [0.15, 0.2) is 40.4 Å². The zero-order chi connectivity index (χ0) is 17.1. The molecule has 1 aliphatic rings. The predicted molar refractivity (Wildman–Crippen MR) is 101 cm³/mol. The number of rotatable bonds is 3. The lowest BCUT2D eigenvalue weighted by atomic mass is 10.2. The van der Waals surface area contributed by atoms with E-state index in [2.05, 4.69) is 23.0 Å². The van der Waals surface area contributed by atoms with Crippen LogP contribution in [0.25, 0.3) is 0 Å². The summed E-state index contributed by atoms with van der Waals surface area (Å²) in [7, 11) is 0. The maximum absolute atomic E-state index is 12.8. The summed E-state index contributed by atoms with van der Waals surface area (Å²) in [6.07, 6.45) is 0.976. The molecule has 0 unspecified atom stereocenters. The van der Waals surface area contributed by atoms with Crippen LogP contribution in [0.5, 0.6) is 0 Å². The summed E-state index contributed by atoms with van der Waals surface area (Å²) < 4.78 is 0. The van der Waals surface area contributed by atoms with E-state index in [4.69, 9.17) is 5.73 Å². The van der Waals surface area contributed by atoms with Gasteiger partial charge in [-0.25, -0.2) is 9.97 Å². The van der Waals surface area contributed by atoms with Crippen LogP contribution in [0, 0.1) is 6.92 Å². The second kappa shape index (κ2) is 7.44. The number of carbonyl (C=O) groups is 1. The second-order valence-electron chi connectivity index (χ2n) is 5.74. The minimum Gasteiger partial charge on any atom is -0.384 e. The third-order valence-corrected chi connectivity index (χ3v) is 5.79. The molecule has 0 bridgehead atoms. The molecule has 1 aromatic heterocycles. The fraction of sp³-hybridized carbons (Fsp3) is 0.353. The van der Waals surface area contributed by atoms with Crippen LogP contribution in [0.1, 0.15) is 19.0 Å². The first kappa shape index (κ1) is 17.1. The Balaban J connectivity index is 1.75. The van der Waals surface area contributed by atoms with Gasteiger partial charge in [0.05, 0.1) is 11.4 Å². The van der Waals surface area contributed by atoms with Crippen molar-refractivity contribution in [3.63, 3.8) is 0 Å². The molecule has 0 spiro atoms. The highest BCUT2D eigenvalue weighted by molar-refractivity contribution is 8.00. The molecule has 2 aromatic rings. The smallest absolute Gasteiger partial charge is 0.237 e. The van der Waals surface area contributed by atoms with E-state index in [0.29, 0.717) is 22.0 Å². The molecule has 0 saturated heterocycles. The summed E-state index contributed by atoms with van der Waals surface area (Å²) in [5.74, 6) is 0.810. The van der Waals surface area contributed by atoms with Gasteiger partial charge >= 0.3 is 0 Å². The lowest BCUT2D eigenvalue weighted by Crippen LogP contribution is -2.33. The molecule has 1 atom stereocenters. The number of carbonyl (C=O) groups excluding carboxylic acids is 1. The Labute approximate surface area is 150 Å². The van der Waals surface area contributed by atoms with E-state index in [-0.39, 0.29) is 5.91 Å². The fourth-order valence-corrected chi connectivity index (χ4v) is 4.48. The number of benzene rings is 1. The summed E-state index contributed by atoms with van der Waals surface area (Å²) in [5.41, 5.74) is 7.56. The number of amides is 1. The third kappa shape index (κ3) is 4.02. The Morgan fingerprint density at radius 2 is 2.21 bits per heavy atom. The van der Waals surface area contributed by atoms with Crippen molar-refractivity contribution in [3.8, 4) is 0 Å². The maximum Gasteiger partial charge on any atom is 0.237 e. The van der Waals surface area contributed by atoms with Gasteiger partial charge in [-0.15, -0.1) is 11.8 Å². The highest BCUT2D eigenvalue weighted by Crippen LogP contribution is 2.37. The van der Waals surface area contributed by atoms with E-state index in [1.165, 1.54) is 11.8 Å². The van der Waals surface area contributed by atoms with Crippen molar-refractivity contribution < 1.29 is 4.79 Å². The first-order chi connectivity index (χ1) is 11.5. The van der Waals surface area contributed by atoms with Crippen LogP contribution >= 0.6 is 23.5 Å². The van der Waals surface area contributed by atoms with E-state index in [9.17, 15) is 4.79 Å². The molecule has 0 saturated carbocycles. The number of hydrogen-bond donors (Lipinski definition) is 1. The Morgan fingerprint density at radius 3 is 3.00 bits per heavy atom. The molecule has 2 heterocycles. The zero-order valence-electron chi connectivity index (χ0n) is 13.7. The SMILES string of the molecule is Cc1cc(N)nc(SCC(=O)N2CC[C@H](C)Sc3ccccc32)n1. The highest BCUT2D eigenvalue weighted by Gasteiger charge is 2.24. The van der Waals surface area contributed by atoms with Gasteiger partial charge in [0.15, 0.2) is 5.16 Å². The maximum atomic E-state index is 12.8. The number of anilines is 2. The lowest BCUT2D eigenvalue weighted by Gasteiger charge is -2.22. The summed E-state index contributed by atoms with van der Waals surface area (Å²) >= 11 is 3.16. The molecule has 0 aliphatic carbocycles. The number of nitrogens with zero attached hydrogens (tertiary/aromatic N) is 3. The van der Waals surface area contributed by atoms with Crippen molar-refractivity contribution >= 4 is 40.9 Å². The fourth-order valence-electron chi connectivity index (χ4n) is 2.58. The average Bonchev–Trinajstić information content (AvgIpc) is 2.70. The van der Waals surface area contributed by atoms with Crippen molar-refractivity contribution in [3.05, 3.63) is 36.0 Å². The molecular weight excluding hydrogens is 340 g/mol. The molecule has 1 aliphatic heterocycles. The minimum atomic E-state index is 0.0748. The quantitative estimate of drug-likeness (QED) is 0.668. The second-order valence-corrected chi connectivity index (χ2v) is 8.16. The molecule has 24 heavy (non-hydrogen) atoms. The Hall–Kier alpha value is -1.73. The lowest BCUT2D eigenvalue weighted by molar-refractivity contribution is -0.116. The number of hydrogen-bond acceptors (Lipinski definition) is 6. The van der Waals surface area contributed by atoms with Gasteiger partial charge < -0.3 is 10.6 Å². The minimum absolute atomic E-state index is 0.0748. The predicted octanol–water partition coefficient (Wildman–Crippen LogP) is 3.38. The molecule has 5 nitrogen and oxygen atoms in total. The van der Waals surface area contributed by atoms with Gasteiger partial charge in [-0.3, -0.25) is 4.79 Å². The summed E-state index contributed by atoms with van der Waals surface area (Å²) in [5, 5.41) is 1.04. The molecule has 1 aromatic carbocycles. The van der Waals surface area contributed by atoms with Gasteiger partial charge in [0, 0.05) is 28.5 Å². The van der Waals surface area contributed by atoms with Crippen LogP contribution in [-0.2, 0) is 4.79 Å². The number of aromatic nitrogens is 2. The van der Waals surface area contributed by atoms with Crippen LogP contribution in [-0.4, -0.2) is 33.4 Å². The third-order valence-electron chi connectivity index (χ3n) is 3.72. The standard InChI is InChI=1S/C17H20N4OS2/c1-11-9-15(18)20-17(19-11)23-10-16(22)21-8-7-12(2)24-14-6-4-3-5-13(14)21/h3-6,9,12H,7-8,10H2,1-2H3,(H2,18,19,20)/t12-/m0/s1. The molecule has 1 amide bonds. The first-order valence-electron chi connectivity index (χ1n) is 7.83. The Morgan fingerprint density at radius 1 is 1.42 bits per heavy atom. The Kier molecular flexibility index (Phi) is 5.30. The van der Waals surface area contributed by atoms with Gasteiger partial charge in [0.25, 0.3) is 0 Å². The number of nitrogens with two attached hydrogens (primary N) is 1. The molecule has 3 rings (SSSR count). The van der Waals surface area contributed by atoms with Gasteiger partial charge in [-0.05, 0) is 25.5 Å². The number of nitrogen functional groups attached to an aromatic ring is 1. The topological polar surface area (TPSA) is 72.1 Å². The van der Waals surface area contributed by atoms with E-state index < -0.39 is 0 Å². The van der Waals surface area contributed by atoms with Gasteiger partial charge in [0.1, 0.15) is 5.82 Å². The van der Waals surface area contributed by atoms with E-state index >= 15 is 0 Å². The highest BCUT2D eigenvalue weighted by atomic mass is 32.2. The van der Waals surface area contributed by atoms with Crippen molar-refractivity contribution in [1.29, 1.82) is 0 Å². The van der Waals surface area contributed by atoms with Crippen LogP contribution in [0.4, 0.5) is 11.5 Å². The van der Waals surface area contributed by atoms with Gasteiger partial charge in [-0.1, -0.05) is 30.8 Å². The van der Waals surface area contributed by atoms with Gasteiger partial charge in [0.2, 0.25) is 5.91 Å². The van der Waals surface area contributed by atoms with E-state index in [1.54, 1.807) is 6.07 Å². The number of para-hydroxylation sites is 1. The van der Waals surface area contributed by atoms with Crippen molar-refractivity contribution in [1.82, 2.24) is 9.97 Å². The Bertz CT molecular complexity index is 733. The molecule has 2 N–H and O–H groups in total. The first-order valence-corrected chi connectivity index (χ1v) is 9.69. The monoisotopic (exact) mass is 360 g/mol. The van der Waals surface area contributed by atoms with Crippen molar-refractivity contribution in [2.45, 2.75) is 35.6 Å². The molecular formula is C17H20N4OS2. The summed E-state index contributed by atoms with van der Waals surface area (Å²) in [6.45, 7) is 4.81. The van der Waals surface area contributed by atoms with Crippen molar-refractivity contribution in [2.24, 2.45) is 0 Å². The molecule has 126 valence electrons. The van der Waals surface area contributed by atoms with Crippen LogP contribution < -0.4 is 10.6 Å². The largest absolute Gasteiger partial charge is 0.384 e. The normalized spacial score (nSPS) is 17.2. The zero-order valence-corrected chi connectivity index (χ0v) is 15.4. The average molecular weight is 361 g/mol. The van der Waals surface area contributed by atoms with E-state index in [0.717, 1.165) is 29.2 Å². The summed E-state index contributed by atoms with van der Waals surface area (Å²) in [6, 6.07) is 9.82. The molecule has 0 radical (unpaired) electrons. The van der Waals surface area contributed by atoms with Crippen molar-refractivity contribution in [2.75, 3.05) is 22.9 Å². The van der Waals surface area contributed by atoms with Gasteiger partial charge in [-0.2, -0.15) is 0 Å². The van der Waals surface area contributed by atoms with Crippen LogP contribution in [0.3, 0.4) is 0 Å². The molecule has 7 heteroatoms. The summed E-state index contributed by atoms with van der Waals surface area (Å²) in [4.78, 5) is 24.3.